The zero-order chi connectivity index (χ0) is 13.4. The lowest BCUT2D eigenvalue weighted by Gasteiger charge is -2.39. The molecule has 1 N–H and O–H groups in total. The van der Waals surface area contributed by atoms with Gasteiger partial charge < -0.3 is 5.32 Å². The Bertz CT molecular complexity index is 479. The number of hydrogen-bond donors (Lipinski definition) is 1. The van der Waals surface area contributed by atoms with Gasteiger partial charge in [-0.25, -0.2) is 0 Å². The first kappa shape index (κ1) is 12.7. The molecule has 0 radical (unpaired) electrons. The molecule has 0 bridgehead atoms. The second-order valence-electron chi connectivity index (χ2n) is 7.30. The van der Waals surface area contributed by atoms with Crippen molar-refractivity contribution in [1.29, 1.82) is 0 Å². The summed E-state index contributed by atoms with van der Waals surface area (Å²) in [7, 11) is 0. The molecule has 4 rings (SSSR count). The highest BCUT2D eigenvalue weighted by molar-refractivity contribution is 5.50. The first-order valence-electron chi connectivity index (χ1n) is 8.77. The van der Waals surface area contributed by atoms with Gasteiger partial charge in [0, 0.05) is 11.7 Å². The third kappa shape index (κ3) is 2.47. The normalized spacial score (nSPS) is 32.5. The van der Waals surface area contributed by atoms with Gasteiger partial charge in [0.15, 0.2) is 0 Å². The molecule has 0 amide bonds. The van der Waals surface area contributed by atoms with Crippen molar-refractivity contribution < 1.29 is 0 Å². The molecule has 0 heterocycles. The second kappa shape index (κ2) is 5.42. The minimum atomic E-state index is 0.730. The average molecular weight is 269 g/mol. The lowest BCUT2D eigenvalue weighted by Crippen LogP contribution is -2.34. The van der Waals surface area contributed by atoms with Crippen LogP contribution < -0.4 is 5.32 Å². The van der Waals surface area contributed by atoms with Crippen LogP contribution in [0.1, 0.15) is 62.5 Å². The zero-order valence-electron chi connectivity index (χ0n) is 12.5. The number of rotatable bonds is 2. The molecular formula is C19H27N. The summed E-state index contributed by atoms with van der Waals surface area (Å²) < 4.78 is 0. The number of hydrogen-bond acceptors (Lipinski definition) is 1. The second-order valence-corrected chi connectivity index (χ2v) is 7.30. The van der Waals surface area contributed by atoms with Gasteiger partial charge in [-0.1, -0.05) is 31.7 Å². The first-order chi connectivity index (χ1) is 9.88. The Balaban J connectivity index is 1.41. The maximum Gasteiger partial charge on any atom is 0.0345 e. The zero-order valence-corrected chi connectivity index (χ0v) is 12.5. The Labute approximate surface area is 123 Å². The molecule has 0 aliphatic heterocycles. The number of aryl methyl sites for hydroxylation is 2. The Morgan fingerprint density at radius 3 is 2.60 bits per heavy atom. The standard InChI is InChI=1S/C19H27N/c1-2-5-16-12-18(10-8-14(16)4-1)20-19-11-9-15-6-3-7-17(15)13-19/h9,11,13-14,16,18,20H,1-8,10,12H2. The molecule has 0 saturated heterocycles. The SMILES string of the molecule is c1cc2c(cc1NC1CCC3CCCCC3C1)CCC2. The molecule has 108 valence electrons. The maximum atomic E-state index is 3.84. The van der Waals surface area contributed by atoms with E-state index in [0.29, 0.717) is 0 Å². The van der Waals surface area contributed by atoms with E-state index >= 15 is 0 Å². The van der Waals surface area contributed by atoms with Gasteiger partial charge in [-0.15, -0.1) is 0 Å². The molecule has 3 atom stereocenters. The Morgan fingerprint density at radius 1 is 0.800 bits per heavy atom. The molecule has 1 aromatic rings. The lowest BCUT2D eigenvalue weighted by molar-refractivity contribution is 0.162. The number of nitrogens with one attached hydrogen (secondary N) is 1. The van der Waals surface area contributed by atoms with E-state index in [4.69, 9.17) is 0 Å². The van der Waals surface area contributed by atoms with Crippen molar-refractivity contribution in [2.24, 2.45) is 11.8 Å². The third-order valence-electron chi connectivity index (χ3n) is 6.01. The minimum Gasteiger partial charge on any atom is -0.382 e. The fraction of sp³-hybridized carbons (Fsp3) is 0.684. The molecule has 1 heteroatoms. The fourth-order valence-corrected chi connectivity index (χ4v) is 4.90. The summed E-state index contributed by atoms with van der Waals surface area (Å²) in [5, 5.41) is 3.84. The van der Waals surface area contributed by atoms with Crippen LogP contribution in [0.3, 0.4) is 0 Å². The molecule has 1 aromatic carbocycles. The van der Waals surface area contributed by atoms with E-state index in [9.17, 15) is 0 Å². The third-order valence-corrected chi connectivity index (χ3v) is 6.01. The molecule has 3 unspecified atom stereocenters. The number of fused-ring (bicyclic) bond motifs is 2. The van der Waals surface area contributed by atoms with Gasteiger partial charge in [0.2, 0.25) is 0 Å². The van der Waals surface area contributed by atoms with Gasteiger partial charge in [0.1, 0.15) is 0 Å². The predicted molar refractivity (Wildman–Crippen MR) is 85.2 cm³/mol. The summed E-state index contributed by atoms with van der Waals surface area (Å²) in [6, 6.07) is 7.83. The lowest BCUT2D eigenvalue weighted by atomic mass is 9.69. The van der Waals surface area contributed by atoms with Crippen LogP contribution in [0.4, 0.5) is 5.69 Å². The average Bonchev–Trinajstić information content (AvgIpc) is 2.95. The van der Waals surface area contributed by atoms with Crippen molar-refractivity contribution in [1.82, 2.24) is 0 Å². The molecular weight excluding hydrogens is 242 g/mol. The van der Waals surface area contributed by atoms with Crippen LogP contribution in [-0.2, 0) is 12.8 Å². The van der Waals surface area contributed by atoms with Crippen molar-refractivity contribution in [2.75, 3.05) is 5.32 Å². The van der Waals surface area contributed by atoms with Crippen molar-refractivity contribution in [3.8, 4) is 0 Å². The van der Waals surface area contributed by atoms with E-state index in [-0.39, 0.29) is 0 Å². The molecule has 3 aliphatic carbocycles. The summed E-state index contributed by atoms with van der Waals surface area (Å²) in [5.41, 5.74) is 4.57. The Kier molecular flexibility index (Phi) is 3.45. The monoisotopic (exact) mass is 269 g/mol. The van der Waals surface area contributed by atoms with Crippen LogP contribution in [0.15, 0.2) is 18.2 Å². The summed E-state index contributed by atoms with van der Waals surface area (Å²) in [5.74, 6) is 2.08. The largest absolute Gasteiger partial charge is 0.382 e. The van der Waals surface area contributed by atoms with Gasteiger partial charge in [-0.05, 0) is 73.6 Å². The van der Waals surface area contributed by atoms with Crippen molar-refractivity contribution >= 4 is 5.69 Å². The smallest absolute Gasteiger partial charge is 0.0345 e. The molecule has 0 aromatic heterocycles. The van der Waals surface area contributed by atoms with E-state index in [1.807, 2.05) is 0 Å². The highest BCUT2D eigenvalue weighted by atomic mass is 14.9. The van der Waals surface area contributed by atoms with Crippen molar-refractivity contribution in [3.05, 3.63) is 29.3 Å². The van der Waals surface area contributed by atoms with Crippen LogP contribution >= 0.6 is 0 Å². The highest BCUT2D eigenvalue weighted by Gasteiger charge is 2.32. The van der Waals surface area contributed by atoms with Gasteiger partial charge in [0.25, 0.3) is 0 Å². The van der Waals surface area contributed by atoms with Crippen LogP contribution in [-0.4, -0.2) is 6.04 Å². The van der Waals surface area contributed by atoms with E-state index in [2.05, 4.69) is 23.5 Å². The molecule has 3 aliphatic rings. The summed E-state index contributed by atoms with van der Waals surface area (Å²) >= 11 is 0. The summed E-state index contributed by atoms with van der Waals surface area (Å²) in [4.78, 5) is 0. The minimum absolute atomic E-state index is 0.730. The van der Waals surface area contributed by atoms with Gasteiger partial charge in [-0.2, -0.15) is 0 Å². The molecule has 2 saturated carbocycles. The quantitative estimate of drug-likeness (QED) is 0.801. The Hall–Kier alpha value is -0.980. The van der Waals surface area contributed by atoms with E-state index in [1.54, 1.807) is 11.1 Å². The van der Waals surface area contributed by atoms with Gasteiger partial charge >= 0.3 is 0 Å². The summed E-state index contributed by atoms with van der Waals surface area (Å²) in [6.45, 7) is 0. The van der Waals surface area contributed by atoms with Crippen LogP contribution in [0, 0.1) is 11.8 Å². The van der Waals surface area contributed by atoms with Gasteiger partial charge in [-0.3, -0.25) is 0 Å². The molecule has 1 nitrogen and oxygen atoms in total. The molecule has 0 spiro atoms. The predicted octanol–water partition coefficient (Wildman–Crippen LogP) is 4.95. The van der Waals surface area contributed by atoms with Crippen molar-refractivity contribution in [2.45, 2.75) is 70.3 Å². The van der Waals surface area contributed by atoms with Gasteiger partial charge in [0.05, 0.1) is 0 Å². The van der Waals surface area contributed by atoms with Crippen molar-refractivity contribution in [3.63, 3.8) is 0 Å². The number of anilines is 1. The topological polar surface area (TPSA) is 12.0 Å². The first-order valence-corrected chi connectivity index (χ1v) is 8.77. The summed E-state index contributed by atoms with van der Waals surface area (Å²) in [6.07, 6.45) is 14.2. The van der Waals surface area contributed by atoms with Crippen LogP contribution in [0.25, 0.3) is 0 Å². The van der Waals surface area contributed by atoms with E-state index < -0.39 is 0 Å². The Morgan fingerprint density at radius 2 is 1.65 bits per heavy atom. The maximum absolute atomic E-state index is 3.84. The highest BCUT2D eigenvalue weighted by Crippen LogP contribution is 2.41. The van der Waals surface area contributed by atoms with E-state index in [0.717, 1.165) is 17.9 Å². The van der Waals surface area contributed by atoms with Crippen LogP contribution in [0.5, 0.6) is 0 Å². The number of benzene rings is 1. The fourth-order valence-electron chi connectivity index (χ4n) is 4.90. The van der Waals surface area contributed by atoms with Crippen LogP contribution in [0.2, 0.25) is 0 Å². The van der Waals surface area contributed by atoms with E-state index in [1.165, 1.54) is 69.9 Å². The molecule has 20 heavy (non-hydrogen) atoms. The molecule has 2 fully saturated rings.